The highest BCUT2D eigenvalue weighted by Crippen LogP contribution is 2.31. The number of hydrogen-bond acceptors (Lipinski definition) is 0. The van der Waals surface area contributed by atoms with Crippen molar-refractivity contribution in [3.05, 3.63) is 31.2 Å². The summed E-state index contributed by atoms with van der Waals surface area (Å²) in [5.74, 6) is 2.94. The maximum atomic E-state index is 5.35. The summed E-state index contributed by atoms with van der Waals surface area (Å²) in [6.07, 6.45) is 13.4. The molecule has 0 N–H and O–H groups in total. The molecule has 0 spiro atoms. The zero-order chi connectivity index (χ0) is 7.61. The Kier molecular flexibility index (Phi) is 1.68. The van der Waals surface area contributed by atoms with Gasteiger partial charge in [0.05, 0.1) is 5.41 Å². The van der Waals surface area contributed by atoms with E-state index < -0.39 is 0 Å². The first-order valence-corrected chi connectivity index (χ1v) is 3.36. The summed E-state index contributed by atoms with van der Waals surface area (Å²) in [6, 6.07) is 0. The fourth-order valence-electron chi connectivity index (χ4n) is 0.932. The topological polar surface area (TPSA) is 0 Å². The molecule has 1 radical (unpaired) electrons. The molecule has 0 saturated heterocycles. The standard InChI is InChI=1S/C10H11/c1-4-10(3)8-6-5-7-9(10)2/h1,5-9H,2H2,3H3. The van der Waals surface area contributed by atoms with Crippen LogP contribution in [0.15, 0.2) is 24.3 Å². The number of rotatable bonds is 0. The van der Waals surface area contributed by atoms with Crippen LogP contribution in [-0.4, -0.2) is 0 Å². The van der Waals surface area contributed by atoms with Crippen molar-refractivity contribution in [2.75, 3.05) is 0 Å². The van der Waals surface area contributed by atoms with E-state index in [1.54, 1.807) is 0 Å². The van der Waals surface area contributed by atoms with Gasteiger partial charge in [-0.05, 0) is 19.8 Å². The average Bonchev–Trinajstić information content (AvgIpc) is 1.96. The second-order valence-electron chi connectivity index (χ2n) is 2.78. The molecule has 0 saturated carbocycles. The summed E-state index contributed by atoms with van der Waals surface area (Å²) in [6.45, 7) is 5.96. The molecule has 0 aromatic carbocycles. The van der Waals surface area contributed by atoms with E-state index in [9.17, 15) is 0 Å². The quantitative estimate of drug-likeness (QED) is 0.442. The van der Waals surface area contributed by atoms with Gasteiger partial charge in [0.25, 0.3) is 0 Å². The summed E-state index contributed by atoms with van der Waals surface area (Å²) < 4.78 is 0. The lowest BCUT2D eigenvalue weighted by Gasteiger charge is -2.26. The van der Waals surface area contributed by atoms with Crippen molar-refractivity contribution in [1.82, 2.24) is 0 Å². The van der Waals surface area contributed by atoms with Crippen LogP contribution in [-0.2, 0) is 0 Å². The Balaban J connectivity index is 2.91. The zero-order valence-corrected chi connectivity index (χ0v) is 6.17. The van der Waals surface area contributed by atoms with Crippen molar-refractivity contribution in [1.29, 1.82) is 0 Å². The lowest BCUT2D eigenvalue weighted by atomic mass is 9.76. The molecule has 2 unspecified atom stereocenters. The Bertz CT molecular complexity index is 215. The van der Waals surface area contributed by atoms with Crippen LogP contribution in [0.25, 0.3) is 0 Å². The van der Waals surface area contributed by atoms with E-state index >= 15 is 0 Å². The first kappa shape index (κ1) is 7.15. The minimum absolute atomic E-state index is 0.172. The van der Waals surface area contributed by atoms with Crippen molar-refractivity contribution >= 4 is 0 Å². The Hall–Kier alpha value is -0.960. The van der Waals surface area contributed by atoms with E-state index in [1.165, 1.54) is 0 Å². The van der Waals surface area contributed by atoms with Gasteiger partial charge in [-0.3, -0.25) is 0 Å². The van der Waals surface area contributed by atoms with Crippen LogP contribution in [0.5, 0.6) is 0 Å². The van der Waals surface area contributed by atoms with Crippen LogP contribution in [0.3, 0.4) is 0 Å². The summed E-state index contributed by atoms with van der Waals surface area (Å²) in [4.78, 5) is 0. The summed E-state index contributed by atoms with van der Waals surface area (Å²) in [5.41, 5.74) is -0.172. The zero-order valence-electron chi connectivity index (χ0n) is 6.17. The lowest BCUT2D eigenvalue weighted by Crippen LogP contribution is -2.20. The summed E-state index contributed by atoms with van der Waals surface area (Å²) in [5, 5.41) is 0. The first-order chi connectivity index (χ1) is 4.69. The van der Waals surface area contributed by atoms with Gasteiger partial charge in [-0.1, -0.05) is 30.2 Å². The minimum atomic E-state index is -0.172. The molecule has 1 aliphatic rings. The van der Waals surface area contributed by atoms with Gasteiger partial charge in [-0.15, -0.1) is 6.42 Å². The molecule has 10 heavy (non-hydrogen) atoms. The second-order valence-corrected chi connectivity index (χ2v) is 2.78. The minimum Gasteiger partial charge on any atom is -0.119 e. The molecule has 0 amide bonds. The van der Waals surface area contributed by atoms with Crippen LogP contribution in [0.4, 0.5) is 0 Å². The third-order valence-electron chi connectivity index (χ3n) is 1.98. The first-order valence-electron chi connectivity index (χ1n) is 3.36. The Labute approximate surface area is 62.6 Å². The van der Waals surface area contributed by atoms with Crippen LogP contribution in [0.1, 0.15) is 6.92 Å². The lowest BCUT2D eigenvalue weighted by molar-refractivity contribution is 0.475. The Morgan fingerprint density at radius 3 is 2.70 bits per heavy atom. The van der Waals surface area contributed by atoms with Gasteiger partial charge in [0, 0.05) is 0 Å². The van der Waals surface area contributed by atoms with Crippen molar-refractivity contribution in [3.8, 4) is 12.3 Å². The SMILES string of the molecule is C#CC1(C)C=CC=CC1[CH2]. The van der Waals surface area contributed by atoms with Gasteiger partial charge in [-0.2, -0.15) is 0 Å². The highest BCUT2D eigenvalue weighted by atomic mass is 14.3. The monoisotopic (exact) mass is 131 g/mol. The average molecular weight is 131 g/mol. The predicted molar refractivity (Wildman–Crippen MR) is 44.1 cm³/mol. The smallest absolute Gasteiger partial charge is 0.0528 e. The van der Waals surface area contributed by atoms with E-state index in [1.807, 2.05) is 31.2 Å². The van der Waals surface area contributed by atoms with Gasteiger partial charge in [0.2, 0.25) is 0 Å². The maximum Gasteiger partial charge on any atom is 0.0528 e. The van der Waals surface area contributed by atoms with E-state index in [0.717, 1.165) is 0 Å². The molecule has 1 rings (SSSR count). The number of terminal acetylenes is 1. The molecule has 0 nitrogen and oxygen atoms in total. The maximum absolute atomic E-state index is 5.35. The van der Waals surface area contributed by atoms with Crippen LogP contribution >= 0.6 is 0 Å². The van der Waals surface area contributed by atoms with Crippen molar-refractivity contribution in [2.45, 2.75) is 6.92 Å². The molecule has 0 aliphatic heterocycles. The van der Waals surface area contributed by atoms with Gasteiger partial charge in [0.1, 0.15) is 0 Å². The third kappa shape index (κ3) is 0.998. The van der Waals surface area contributed by atoms with E-state index in [0.29, 0.717) is 0 Å². The van der Waals surface area contributed by atoms with Gasteiger partial charge in [0.15, 0.2) is 0 Å². The van der Waals surface area contributed by atoms with Gasteiger partial charge in [-0.25, -0.2) is 0 Å². The highest BCUT2D eigenvalue weighted by Gasteiger charge is 2.24. The van der Waals surface area contributed by atoms with Crippen molar-refractivity contribution in [2.24, 2.45) is 11.3 Å². The fraction of sp³-hybridized carbons (Fsp3) is 0.300. The van der Waals surface area contributed by atoms with Crippen LogP contribution in [0.2, 0.25) is 0 Å². The fourth-order valence-corrected chi connectivity index (χ4v) is 0.932. The Morgan fingerprint density at radius 1 is 1.60 bits per heavy atom. The molecule has 1 aliphatic carbocycles. The number of allylic oxidation sites excluding steroid dienone is 4. The van der Waals surface area contributed by atoms with Crippen LogP contribution in [0, 0.1) is 30.6 Å². The molecule has 51 valence electrons. The van der Waals surface area contributed by atoms with Crippen LogP contribution < -0.4 is 0 Å². The van der Waals surface area contributed by atoms with Crippen molar-refractivity contribution < 1.29 is 0 Å². The summed E-state index contributed by atoms with van der Waals surface area (Å²) >= 11 is 0. The number of hydrogen-bond donors (Lipinski definition) is 0. The largest absolute Gasteiger partial charge is 0.119 e. The molecule has 0 fully saturated rings. The molecule has 0 bridgehead atoms. The van der Waals surface area contributed by atoms with E-state index in [4.69, 9.17) is 6.42 Å². The molecule has 2 atom stereocenters. The van der Waals surface area contributed by atoms with E-state index in [-0.39, 0.29) is 11.3 Å². The van der Waals surface area contributed by atoms with Crippen molar-refractivity contribution in [3.63, 3.8) is 0 Å². The van der Waals surface area contributed by atoms with Gasteiger partial charge >= 0.3 is 0 Å². The Morgan fingerprint density at radius 2 is 2.30 bits per heavy atom. The summed E-state index contributed by atoms with van der Waals surface area (Å²) in [7, 11) is 0. The molecule has 0 heteroatoms. The molecular weight excluding hydrogens is 120 g/mol. The highest BCUT2D eigenvalue weighted by molar-refractivity contribution is 5.28. The predicted octanol–water partition coefficient (Wildman–Crippen LogP) is 2.20. The molecular formula is C10H11. The third-order valence-corrected chi connectivity index (χ3v) is 1.98. The molecule has 0 heterocycles. The normalized spacial score (nSPS) is 37.5. The molecule has 0 aromatic heterocycles. The second kappa shape index (κ2) is 2.34. The van der Waals surface area contributed by atoms with Gasteiger partial charge < -0.3 is 0 Å². The van der Waals surface area contributed by atoms with E-state index in [2.05, 4.69) is 12.8 Å². The molecule has 0 aromatic rings.